The van der Waals surface area contributed by atoms with Gasteiger partial charge >= 0.3 is 0 Å². The highest BCUT2D eigenvalue weighted by Gasteiger charge is 2.12. The molecule has 0 unspecified atom stereocenters. The van der Waals surface area contributed by atoms with Crippen LogP contribution in [0.2, 0.25) is 0 Å². The molecule has 0 saturated heterocycles. The Kier molecular flexibility index (Phi) is 5.48. The number of ketones is 1. The van der Waals surface area contributed by atoms with E-state index >= 15 is 0 Å². The van der Waals surface area contributed by atoms with Gasteiger partial charge in [0.15, 0.2) is 10.9 Å². The molecule has 7 heteroatoms. The van der Waals surface area contributed by atoms with Crippen LogP contribution in [0.1, 0.15) is 22.8 Å². The topological polar surface area (TPSA) is 76.9 Å². The maximum absolute atomic E-state index is 12.4. The van der Waals surface area contributed by atoms with Crippen molar-refractivity contribution in [1.29, 1.82) is 0 Å². The second-order valence-corrected chi connectivity index (χ2v) is 6.68. The largest absolute Gasteiger partial charge is 0.326 e. The zero-order chi connectivity index (χ0) is 18.5. The number of anilines is 1. The summed E-state index contributed by atoms with van der Waals surface area (Å²) >= 11 is 1.35. The number of aromatic nitrogens is 3. The van der Waals surface area contributed by atoms with Gasteiger partial charge in [-0.1, -0.05) is 30.0 Å². The summed E-state index contributed by atoms with van der Waals surface area (Å²) in [7, 11) is 0. The van der Waals surface area contributed by atoms with Gasteiger partial charge in [-0.15, -0.1) is 10.2 Å². The summed E-state index contributed by atoms with van der Waals surface area (Å²) in [6.45, 7) is 3.46. The molecule has 1 aromatic heterocycles. The Morgan fingerprint density at radius 1 is 1.12 bits per heavy atom. The van der Waals surface area contributed by atoms with Crippen molar-refractivity contribution in [3.05, 3.63) is 66.0 Å². The fraction of sp³-hybridized carbons (Fsp3) is 0.158. The van der Waals surface area contributed by atoms with Crippen LogP contribution in [0.15, 0.2) is 60.0 Å². The Morgan fingerprint density at radius 3 is 2.54 bits per heavy atom. The van der Waals surface area contributed by atoms with Crippen LogP contribution in [0.25, 0.3) is 5.69 Å². The number of aryl methyl sites for hydroxylation is 1. The summed E-state index contributed by atoms with van der Waals surface area (Å²) in [6.07, 6.45) is 1.65. The van der Waals surface area contributed by atoms with Crippen LogP contribution in [0.5, 0.6) is 0 Å². The molecule has 0 saturated carbocycles. The third-order valence-corrected chi connectivity index (χ3v) is 4.69. The van der Waals surface area contributed by atoms with E-state index in [1.54, 1.807) is 30.6 Å². The minimum Gasteiger partial charge on any atom is -0.326 e. The third-order valence-electron chi connectivity index (χ3n) is 3.75. The van der Waals surface area contributed by atoms with Gasteiger partial charge < -0.3 is 5.32 Å². The average Bonchev–Trinajstić information content (AvgIpc) is 3.08. The van der Waals surface area contributed by atoms with Gasteiger partial charge in [-0.05, 0) is 42.8 Å². The molecule has 0 aliphatic rings. The molecule has 1 amide bonds. The van der Waals surface area contributed by atoms with Gasteiger partial charge in [0.05, 0.1) is 11.4 Å². The highest BCUT2D eigenvalue weighted by atomic mass is 32.2. The molecule has 132 valence electrons. The van der Waals surface area contributed by atoms with E-state index in [2.05, 4.69) is 15.5 Å². The lowest BCUT2D eigenvalue weighted by atomic mass is 10.1. The summed E-state index contributed by atoms with van der Waals surface area (Å²) in [6, 6.07) is 14.8. The number of rotatable bonds is 6. The van der Waals surface area contributed by atoms with Crippen LogP contribution in [0.4, 0.5) is 5.69 Å². The zero-order valence-corrected chi connectivity index (χ0v) is 15.3. The number of nitrogens with one attached hydrogen (secondary N) is 1. The van der Waals surface area contributed by atoms with Gasteiger partial charge in [0.1, 0.15) is 6.33 Å². The first kappa shape index (κ1) is 17.9. The number of Topliss-reactive ketones (excluding diaryl/α,β-unsaturated/α-hetero) is 1. The first-order valence-electron chi connectivity index (χ1n) is 8.04. The molecule has 1 heterocycles. The lowest BCUT2D eigenvalue weighted by molar-refractivity contribution is -0.114. The maximum atomic E-state index is 12.4. The number of nitrogens with zero attached hydrogens (tertiary/aromatic N) is 3. The molecule has 26 heavy (non-hydrogen) atoms. The van der Waals surface area contributed by atoms with E-state index in [1.165, 1.54) is 18.7 Å². The van der Waals surface area contributed by atoms with Gasteiger partial charge in [0, 0.05) is 18.2 Å². The number of para-hydroxylation sites is 1. The normalized spacial score (nSPS) is 10.5. The van der Waals surface area contributed by atoms with Crippen molar-refractivity contribution in [3.8, 4) is 5.69 Å². The molecule has 3 rings (SSSR count). The number of benzene rings is 2. The number of carbonyl (C=O) groups excluding carboxylic acids is 2. The highest BCUT2D eigenvalue weighted by Crippen LogP contribution is 2.22. The molecule has 3 aromatic rings. The molecule has 0 atom stereocenters. The predicted molar refractivity (Wildman–Crippen MR) is 102 cm³/mol. The number of carbonyl (C=O) groups is 2. The molecule has 0 aliphatic carbocycles. The Bertz CT molecular complexity index is 935. The molecule has 0 fully saturated rings. The van der Waals surface area contributed by atoms with E-state index in [0.29, 0.717) is 16.4 Å². The third kappa shape index (κ3) is 4.18. The van der Waals surface area contributed by atoms with Crippen molar-refractivity contribution in [3.63, 3.8) is 0 Å². The molecule has 0 spiro atoms. The molecule has 0 bridgehead atoms. The number of amides is 1. The first-order chi connectivity index (χ1) is 12.5. The lowest BCUT2D eigenvalue weighted by Gasteiger charge is -2.09. The number of hydrogen-bond acceptors (Lipinski definition) is 5. The molecular weight excluding hydrogens is 348 g/mol. The Hall–Kier alpha value is -2.93. The summed E-state index contributed by atoms with van der Waals surface area (Å²) < 4.78 is 1.88. The van der Waals surface area contributed by atoms with Gasteiger partial charge in [-0.3, -0.25) is 14.2 Å². The summed E-state index contributed by atoms with van der Waals surface area (Å²) in [4.78, 5) is 23.5. The van der Waals surface area contributed by atoms with E-state index in [1.807, 2.05) is 35.8 Å². The minimum atomic E-state index is -0.143. The van der Waals surface area contributed by atoms with Gasteiger partial charge in [0.25, 0.3) is 0 Å². The molecular formula is C19H18N4O2S. The second kappa shape index (κ2) is 7.97. The van der Waals surface area contributed by atoms with Gasteiger partial charge in [-0.2, -0.15) is 0 Å². The maximum Gasteiger partial charge on any atom is 0.221 e. The predicted octanol–water partition coefficient (Wildman–Crippen LogP) is 3.51. The number of thioether (sulfide) groups is 1. The van der Waals surface area contributed by atoms with E-state index in [0.717, 1.165) is 11.3 Å². The Balaban J connectivity index is 1.68. The minimum absolute atomic E-state index is 0.0105. The van der Waals surface area contributed by atoms with Crippen molar-refractivity contribution in [2.24, 2.45) is 0 Å². The van der Waals surface area contributed by atoms with Gasteiger partial charge in [-0.25, -0.2) is 0 Å². The van der Waals surface area contributed by atoms with Crippen LogP contribution in [0, 0.1) is 6.92 Å². The monoisotopic (exact) mass is 366 g/mol. The van der Waals surface area contributed by atoms with Gasteiger partial charge in [0.2, 0.25) is 5.91 Å². The quantitative estimate of drug-likeness (QED) is 0.534. The molecule has 0 radical (unpaired) electrons. The summed E-state index contributed by atoms with van der Waals surface area (Å²) in [5, 5.41) is 11.4. The zero-order valence-electron chi connectivity index (χ0n) is 14.5. The fourth-order valence-corrected chi connectivity index (χ4v) is 3.29. The van der Waals surface area contributed by atoms with E-state index < -0.39 is 0 Å². The Labute approximate surface area is 155 Å². The molecule has 6 nitrogen and oxygen atoms in total. The van der Waals surface area contributed by atoms with Crippen LogP contribution >= 0.6 is 11.8 Å². The van der Waals surface area contributed by atoms with Crippen molar-refractivity contribution >= 4 is 29.1 Å². The fourth-order valence-electron chi connectivity index (χ4n) is 2.48. The van der Waals surface area contributed by atoms with Crippen LogP contribution in [0.3, 0.4) is 0 Å². The second-order valence-electron chi connectivity index (χ2n) is 5.74. The molecule has 2 aromatic carbocycles. The van der Waals surface area contributed by atoms with E-state index in [4.69, 9.17) is 0 Å². The lowest BCUT2D eigenvalue weighted by Crippen LogP contribution is -2.07. The Morgan fingerprint density at radius 2 is 1.85 bits per heavy atom. The average molecular weight is 366 g/mol. The van der Waals surface area contributed by atoms with Crippen molar-refractivity contribution in [2.75, 3.05) is 11.1 Å². The van der Waals surface area contributed by atoms with Crippen LogP contribution < -0.4 is 5.32 Å². The summed E-state index contributed by atoms with van der Waals surface area (Å²) in [5.41, 5.74) is 3.36. The van der Waals surface area contributed by atoms with Crippen molar-refractivity contribution < 1.29 is 9.59 Å². The summed E-state index contributed by atoms with van der Waals surface area (Å²) in [5.74, 6) is 0.100. The van der Waals surface area contributed by atoms with E-state index in [9.17, 15) is 9.59 Å². The standard InChI is InChI=1S/C19H18N4O2S/c1-13-5-3-4-6-17(13)23-12-20-22-19(23)26-11-18(25)15-7-9-16(10-8-15)21-14(2)24/h3-10,12H,11H2,1-2H3,(H,21,24). The van der Waals surface area contributed by atoms with Crippen molar-refractivity contribution in [1.82, 2.24) is 14.8 Å². The highest BCUT2D eigenvalue weighted by molar-refractivity contribution is 7.99. The van der Waals surface area contributed by atoms with Crippen LogP contribution in [-0.4, -0.2) is 32.2 Å². The molecule has 1 N–H and O–H groups in total. The van der Waals surface area contributed by atoms with Crippen LogP contribution in [-0.2, 0) is 4.79 Å². The SMILES string of the molecule is CC(=O)Nc1ccc(C(=O)CSc2nncn2-c2ccccc2C)cc1. The number of hydrogen-bond donors (Lipinski definition) is 1. The van der Waals surface area contributed by atoms with E-state index in [-0.39, 0.29) is 17.4 Å². The first-order valence-corrected chi connectivity index (χ1v) is 9.03. The molecule has 0 aliphatic heterocycles. The van der Waals surface area contributed by atoms with Crippen molar-refractivity contribution in [2.45, 2.75) is 19.0 Å². The smallest absolute Gasteiger partial charge is 0.221 e.